The van der Waals surface area contributed by atoms with Crippen LogP contribution in [0.3, 0.4) is 0 Å². The average Bonchev–Trinajstić information content (AvgIpc) is 2.57. The van der Waals surface area contributed by atoms with Gasteiger partial charge in [0.1, 0.15) is 0 Å². The monoisotopic (exact) mass is 306 g/mol. The predicted octanol–water partition coefficient (Wildman–Crippen LogP) is 0.852. The van der Waals surface area contributed by atoms with Crippen molar-refractivity contribution in [2.24, 2.45) is 5.92 Å². The van der Waals surface area contributed by atoms with E-state index in [2.05, 4.69) is 37.2 Å². The third kappa shape index (κ3) is 4.27. The molecule has 1 N–H and O–H groups in total. The lowest BCUT2D eigenvalue weighted by Gasteiger charge is -2.30. The molecule has 0 amide bonds. The average molecular weight is 306 g/mol. The van der Waals surface area contributed by atoms with Gasteiger partial charge in [-0.3, -0.25) is 4.90 Å². The minimum absolute atomic E-state index is 0.629. The summed E-state index contributed by atoms with van der Waals surface area (Å²) < 4.78 is 5.35. The van der Waals surface area contributed by atoms with Gasteiger partial charge in [-0.25, -0.2) is 0 Å². The third-order valence-corrected chi connectivity index (χ3v) is 4.47. The second-order valence-electron chi connectivity index (χ2n) is 6.19. The van der Waals surface area contributed by atoms with Crippen molar-refractivity contribution in [3.8, 4) is 0 Å². The molecule has 3 rings (SSSR count). The molecule has 1 aromatic heterocycles. The Morgan fingerprint density at radius 3 is 2.77 bits per heavy atom. The van der Waals surface area contributed by atoms with Gasteiger partial charge in [-0.05, 0) is 18.8 Å². The molecule has 0 aromatic carbocycles. The van der Waals surface area contributed by atoms with Gasteiger partial charge in [-0.2, -0.15) is 10.1 Å². The van der Waals surface area contributed by atoms with E-state index in [9.17, 15) is 0 Å². The molecule has 2 fully saturated rings. The molecule has 0 saturated carbocycles. The van der Waals surface area contributed by atoms with Crippen LogP contribution in [0, 0.1) is 5.92 Å². The van der Waals surface area contributed by atoms with Gasteiger partial charge in [0, 0.05) is 39.3 Å². The molecule has 3 heterocycles. The summed E-state index contributed by atoms with van der Waals surface area (Å²) in [4.78, 5) is 9.30. The maximum atomic E-state index is 5.35. The Morgan fingerprint density at radius 2 is 2.00 bits per heavy atom. The molecule has 0 spiro atoms. The smallest absolute Gasteiger partial charge is 0.244 e. The van der Waals surface area contributed by atoms with Crippen LogP contribution in [-0.2, 0) is 4.74 Å². The fourth-order valence-corrected chi connectivity index (χ4v) is 2.91. The van der Waals surface area contributed by atoms with Gasteiger partial charge in [0.2, 0.25) is 5.95 Å². The van der Waals surface area contributed by atoms with Crippen LogP contribution in [-0.4, -0.2) is 72.6 Å². The number of nitrogens with zero attached hydrogens (tertiary/aromatic N) is 5. The summed E-state index contributed by atoms with van der Waals surface area (Å²) in [6.45, 7) is 9.94. The molecular weight excluding hydrogens is 280 g/mol. The highest BCUT2D eigenvalue weighted by Gasteiger charge is 2.17. The number of morpholine rings is 1. The Morgan fingerprint density at radius 1 is 1.23 bits per heavy atom. The summed E-state index contributed by atoms with van der Waals surface area (Å²) in [5.41, 5.74) is 0. The van der Waals surface area contributed by atoms with Gasteiger partial charge in [0.05, 0.1) is 19.4 Å². The van der Waals surface area contributed by atoms with E-state index in [4.69, 9.17) is 4.74 Å². The highest BCUT2D eigenvalue weighted by molar-refractivity contribution is 5.40. The summed E-state index contributed by atoms with van der Waals surface area (Å²) in [5, 5.41) is 11.5. The molecular formula is C15H26N6O. The number of hydrogen-bond acceptors (Lipinski definition) is 7. The fraction of sp³-hybridized carbons (Fsp3) is 0.800. The van der Waals surface area contributed by atoms with Crippen LogP contribution >= 0.6 is 0 Å². The van der Waals surface area contributed by atoms with E-state index in [0.29, 0.717) is 5.95 Å². The summed E-state index contributed by atoms with van der Waals surface area (Å²) in [7, 11) is 0. The molecule has 0 bridgehead atoms. The SMILES string of the molecule is CC1CCN(c2cnnc(NCCN3CCOCC3)n2)CC1. The molecule has 0 atom stereocenters. The Hall–Kier alpha value is -1.47. The number of aromatic nitrogens is 3. The molecule has 2 saturated heterocycles. The van der Waals surface area contributed by atoms with Crippen molar-refractivity contribution in [1.82, 2.24) is 20.1 Å². The highest BCUT2D eigenvalue weighted by atomic mass is 16.5. The van der Waals surface area contributed by atoms with E-state index in [0.717, 1.165) is 64.2 Å². The third-order valence-electron chi connectivity index (χ3n) is 4.47. The standard InChI is InChI=1S/C15H26N6O/c1-13-2-5-21(6-3-13)14-12-17-19-15(18-14)16-4-7-20-8-10-22-11-9-20/h12-13H,2-11H2,1H3,(H,16,18,19). The zero-order valence-electron chi connectivity index (χ0n) is 13.4. The molecule has 0 radical (unpaired) electrons. The molecule has 2 aliphatic heterocycles. The van der Waals surface area contributed by atoms with Gasteiger partial charge in [-0.15, -0.1) is 5.10 Å². The van der Waals surface area contributed by atoms with E-state index in [-0.39, 0.29) is 0 Å². The minimum Gasteiger partial charge on any atom is -0.379 e. The topological polar surface area (TPSA) is 66.4 Å². The highest BCUT2D eigenvalue weighted by Crippen LogP contribution is 2.20. The van der Waals surface area contributed by atoms with E-state index in [1.165, 1.54) is 12.8 Å². The molecule has 1 aromatic rings. The Bertz CT molecular complexity index is 457. The lowest BCUT2D eigenvalue weighted by molar-refractivity contribution is 0.0398. The van der Waals surface area contributed by atoms with E-state index in [1.807, 2.05) is 0 Å². The van der Waals surface area contributed by atoms with Crippen molar-refractivity contribution >= 4 is 11.8 Å². The quantitative estimate of drug-likeness (QED) is 0.865. The van der Waals surface area contributed by atoms with Gasteiger partial charge >= 0.3 is 0 Å². The van der Waals surface area contributed by atoms with Gasteiger partial charge < -0.3 is 15.0 Å². The number of rotatable bonds is 5. The Kier molecular flexibility index (Phi) is 5.39. The number of piperidine rings is 1. The minimum atomic E-state index is 0.629. The van der Waals surface area contributed by atoms with E-state index in [1.54, 1.807) is 6.20 Å². The number of anilines is 2. The molecule has 22 heavy (non-hydrogen) atoms. The molecule has 122 valence electrons. The summed E-state index contributed by atoms with van der Waals surface area (Å²) in [5.74, 6) is 2.39. The molecule has 2 aliphatic rings. The first-order valence-electron chi connectivity index (χ1n) is 8.30. The fourth-order valence-electron chi connectivity index (χ4n) is 2.91. The van der Waals surface area contributed by atoms with Crippen LogP contribution in [0.5, 0.6) is 0 Å². The van der Waals surface area contributed by atoms with Crippen molar-refractivity contribution in [1.29, 1.82) is 0 Å². The van der Waals surface area contributed by atoms with Crippen molar-refractivity contribution in [3.63, 3.8) is 0 Å². The van der Waals surface area contributed by atoms with Crippen LogP contribution in [0.2, 0.25) is 0 Å². The van der Waals surface area contributed by atoms with Gasteiger partial charge in [-0.1, -0.05) is 6.92 Å². The Labute approximate surface area is 132 Å². The Balaban J connectivity index is 1.48. The molecule has 0 unspecified atom stereocenters. The summed E-state index contributed by atoms with van der Waals surface area (Å²) in [6.07, 6.45) is 4.22. The van der Waals surface area contributed by atoms with E-state index >= 15 is 0 Å². The maximum Gasteiger partial charge on any atom is 0.244 e. The number of ether oxygens (including phenoxy) is 1. The van der Waals surface area contributed by atoms with Crippen molar-refractivity contribution in [3.05, 3.63) is 6.20 Å². The first kappa shape index (κ1) is 15.4. The molecule has 7 nitrogen and oxygen atoms in total. The maximum absolute atomic E-state index is 5.35. The van der Waals surface area contributed by atoms with Crippen LogP contribution in [0.25, 0.3) is 0 Å². The van der Waals surface area contributed by atoms with Crippen LogP contribution in [0.15, 0.2) is 6.20 Å². The lowest BCUT2D eigenvalue weighted by Crippen LogP contribution is -2.39. The number of hydrogen-bond donors (Lipinski definition) is 1. The first-order valence-corrected chi connectivity index (χ1v) is 8.30. The molecule has 0 aliphatic carbocycles. The van der Waals surface area contributed by atoms with Crippen molar-refractivity contribution < 1.29 is 4.74 Å². The largest absolute Gasteiger partial charge is 0.379 e. The van der Waals surface area contributed by atoms with Gasteiger partial charge in [0.15, 0.2) is 5.82 Å². The van der Waals surface area contributed by atoms with Crippen LogP contribution in [0.4, 0.5) is 11.8 Å². The number of nitrogens with one attached hydrogen (secondary N) is 1. The lowest BCUT2D eigenvalue weighted by atomic mass is 9.99. The van der Waals surface area contributed by atoms with Crippen LogP contribution in [0.1, 0.15) is 19.8 Å². The second kappa shape index (κ2) is 7.69. The second-order valence-corrected chi connectivity index (χ2v) is 6.19. The first-order chi connectivity index (χ1) is 10.8. The zero-order chi connectivity index (χ0) is 15.2. The molecule has 7 heteroatoms. The summed E-state index contributed by atoms with van der Waals surface area (Å²) in [6, 6.07) is 0. The van der Waals surface area contributed by atoms with Crippen molar-refractivity contribution in [2.75, 3.05) is 62.7 Å². The van der Waals surface area contributed by atoms with E-state index < -0.39 is 0 Å². The normalized spacial score (nSPS) is 21.0. The summed E-state index contributed by atoms with van der Waals surface area (Å²) >= 11 is 0. The zero-order valence-corrected chi connectivity index (χ0v) is 13.4. The van der Waals surface area contributed by atoms with Crippen molar-refractivity contribution in [2.45, 2.75) is 19.8 Å². The van der Waals surface area contributed by atoms with Gasteiger partial charge in [0.25, 0.3) is 0 Å². The van der Waals surface area contributed by atoms with Crippen LogP contribution < -0.4 is 10.2 Å². The predicted molar refractivity (Wildman–Crippen MR) is 86.2 cm³/mol.